The Morgan fingerprint density at radius 3 is 2.71 bits per heavy atom. The summed E-state index contributed by atoms with van der Waals surface area (Å²) in [5.74, 6) is 0.422. The van der Waals surface area contributed by atoms with Crippen molar-refractivity contribution in [1.82, 2.24) is 9.55 Å². The maximum Gasteiger partial charge on any atom is 0.148 e. The van der Waals surface area contributed by atoms with Crippen LogP contribution in [0.1, 0.15) is 19.3 Å². The van der Waals surface area contributed by atoms with Crippen LogP contribution in [0.15, 0.2) is 28.1 Å². The SMILES string of the molecule is N=C(CF)n1c(N2CCC3(CCOC3)CC2)cc(N)c(Sc2ccnc(N)c2Cl)c1=N. The first-order chi connectivity index (χ1) is 14.8. The zero-order chi connectivity index (χ0) is 22.2. The molecule has 6 N–H and O–H groups in total. The number of aromatic nitrogens is 2. The van der Waals surface area contributed by atoms with Crippen molar-refractivity contribution in [1.29, 1.82) is 10.8 Å². The highest BCUT2D eigenvalue weighted by Gasteiger charge is 2.38. The quantitative estimate of drug-likeness (QED) is 0.405. The molecule has 2 fully saturated rings. The van der Waals surface area contributed by atoms with Crippen LogP contribution in [-0.2, 0) is 4.74 Å². The molecule has 4 rings (SSSR count). The van der Waals surface area contributed by atoms with Crippen molar-refractivity contribution < 1.29 is 9.13 Å². The lowest BCUT2D eigenvalue weighted by Gasteiger charge is -2.40. The first kappa shape index (κ1) is 21.9. The van der Waals surface area contributed by atoms with Gasteiger partial charge in [-0.1, -0.05) is 23.4 Å². The Morgan fingerprint density at radius 2 is 2.06 bits per heavy atom. The van der Waals surface area contributed by atoms with Crippen molar-refractivity contribution in [2.24, 2.45) is 5.41 Å². The van der Waals surface area contributed by atoms with Gasteiger partial charge in [0.2, 0.25) is 0 Å². The van der Waals surface area contributed by atoms with Gasteiger partial charge in [0.15, 0.2) is 0 Å². The van der Waals surface area contributed by atoms with E-state index in [1.165, 1.54) is 10.8 Å². The van der Waals surface area contributed by atoms with E-state index >= 15 is 0 Å². The lowest BCUT2D eigenvalue weighted by atomic mass is 9.78. The van der Waals surface area contributed by atoms with E-state index < -0.39 is 6.67 Å². The van der Waals surface area contributed by atoms with Gasteiger partial charge in [-0.3, -0.25) is 15.4 Å². The van der Waals surface area contributed by atoms with Crippen molar-refractivity contribution in [2.75, 3.05) is 49.3 Å². The van der Waals surface area contributed by atoms with Gasteiger partial charge in [-0.05, 0) is 30.7 Å². The Bertz CT molecular complexity index is 1060. The molecule has 2 aliphatic heterocycles. The van der Waals surface area contributed by atoms with Crippen LogP contribution in [0.25, 0.3) is 0 Å². The third-order valence-corrected chi connectivity index (χ3v) is 7.74. The minimum absolute atomic E-state index is 0.0569. The van der Waals surface area contributed by atoms with Gasteiger partial charge >= 0.3 is 0 Å². The normalized spacial score (nSPS) is 17.9. The summed E-state index contributed by atoms with van der Waals surface area (Å²) in [7, 11) is 0. The molecule has 11 heteroatoms. The van der Waals surface area contributed by atoms with Gasteiger partial charge in [-0.15, -0.1) is 0 Å². The van der Waals surface area contributed by atoms with Gasteiger partial charge in [0.1, 0.15) is 29.6 Å². The zero-order valence-electron chi connectivity index (χ0n) is 17.0. The van der Waals surface area contributed by atoms with Crippen LogP contribution in [0, 0.1) is 16.2 Å². The summed E-state index contributed by atoms with van der Waals surface area (Å²) in [5, 5.41) is 17.2. The molecule has 4 heterocycles. The summed E-state index contributed by atoms with van der Waals surface area (Å²) in [6, 6.07) is 3.39. The van der Waals surface area contributed by atoms with Crippen LogP contribution in [0.5, 0.6) is 0 Å². The Morgan fingerprint density at radius 1 is 1.32 bits per heavy atom. The predicted molar refractivity (Wildman–Crippen MR) is 121 cm³/mol. The van der Waals surface area contributed by atoms with E-state index in [0.717, 1.165) is 57.3 Å². The second-order valence-electron chi connectivity index (χ2n) is 7.95. The van der Waals surface area contributed by atoms with Crippen molar-refractivity contribution in [2.45, 2.75) is 29.1 Å². The summed E-state index contributed by atoms with van der Waals surface area (Å²) in [6.07, 6.45) is 4.47. The number of rotatable bonds is 4. The Labute approximate surface area is 188 Å². The number of nitrogens with zero attached hydrogens (tertiary/aromatic N) is 3. The molecule has 166 valence electrons. The molecule has 1 spiro atoms. The van der Waals surface area contributed by atoms with Gasteiger partial charge in [0.05, 0.1) is 22.2 Å². The monoisotopic (exact) mass is 465 g/mol. The summed E-state index contributed by atoms with van der Waals surface area (Å²) in [6.45, 7) is 2.05. The van der Waals surface area contributed by atoms with E-state index in [2.05, 4.69) is 9.88 Å². The Hall–Kier alpha value is -2.30. The van der Waals surface area contributed by atoms with E-state index in [4.69, 9.17) is 38.6 Å². The number of anilines is 3. The summed E-state index contributed by atoms with van der Waals surface area (Å²) >= 11 is 7.41. The maximum absolute atomic E-state index is 13.6. The van der Waals surface area contributed by atoms with Crippen LogP contribution in [-0.4, -0.2) is 48.4 Å². The molecular weight excluding hydrogens is 441 g/mol. The van der Waals surface area contributed by atoms with Gasteiger partial charge in [0.25, 0.3) is 0 Å². The van der Waals surface area contributed by atoms with Crippen molar-refractivity contribution in [3.8, 4) is 0 Å². The maximum atomic E-state index is 13.6. The highest BCUT2D eigenvalue weighted by molar-refractivity contribution is 7.99. The van der Waals surface area contributed by atoms with Crippen molar-refractivity contribution in [3.63, 3.8) is 0 Å². The molecule has 0 radical (unpaired) electrons. The molecule has 0 aromatic carbocycles. The standard InChI is InChI=1S/C20H25ClFN7OS/c21-16-13(1-5-27-18(16)25)31-17-12(23)9-15(29(19(17)26)14(24)10-22)28-6-2-20(3-7-28)4-8-30-11-20/h1,5,9,24,26H,2-4,6-8,10-11,23H2,(H2,25,27). The summed E-state index contributed by atoms with van der Waals surface area (Å²) in [5.41, 5.74) is 12.6. The molecule has 2 aromatic heterocycles. The second kappa shape index (κ2) is 8.68. The number of nitrogens with two attached hydrogens (primary N) is 2. The van der Waals surface area contributed by atoms with Crippen LogP contribution in [0.3, 0.4) is 0 Å². The topological polar surface area (TPSA) is 130 Å². The Balaban J connectivity index is 1.71. The van der Waals surface area contributed by atoms with Gasteiger partial charge in [-0.2, -0.15) is 0 Å². The fraction of sp³-hybridized carbons (Fsp3) is 0.450. The molecule has 2 saturated heterocycles. The molecule has 0 saturated carbocycles. The molecular formula is C20H25ClFN7OS. The molecule has 0 bridgehead atoms. The first-order valence-corrected chi connectivity index (χ1v) is 11.2. The highest BCUT2D eigenvalue weighted by Crippen LogP contribution is 2.41. The number of nitrogens with one attached hydrogen (secondary N) is 2. The predicted octanol–water partition coefficient (Wildman–Crippen LogP) is 3.13. The van der Waals surface area contributed by atoms with Crippen LogP contribution in [0.4, 0.5) is 21.7 Å². The lowest BCUT2D eigenvalue weighted by molar-refractivity contribution is 0.133. The molecule has 8 nitrogen and oxygen atoms in total. The number of pyridine rings is 2. The number of nitrogen functional groups attached to an aromatic ring is 2. The molecule has 31 heavy (non-hydrogen) atoms. The lowest BCUT2D eigenvalue weighted by Crippen LogP contribution is -2.44. The third-order valence-electron chi connectivity index (χ3n) is 6.04. The Kier molecular flexibility index (Phi) is 6.14. The highest BCUT2D eigenvalue weighted by atomic mass is 35.5. The van der Waals surface area contributed by atoms with E-state index in [9.17, 15) is 4.39 Å². The van der Waals surface area contributed by atoms with E-state index in [1.807, 2.05) is 0 Å². The average molecular weight is 466 g/mol. The largest absolute Gasteiger partial charge is 0.398 e. The van der Waals surface area contributed by atoms with Crippen LogP contribution in [0.2, 0.25) is 5.02 Å². The van der Waals surface area contributed by atoms with Crippen molar-refractivity contribution in [3.05, 3.63) is 28.8 Å². The number of hydrogen-bond donors (Lipinski definition) is 4. The average Bonchev–Trinajstić information content (AvgIpc) is 3.21. The number of halogens is 2. The number of piperidine rings is 1. The van der Waals surface area contributed by atoms with E-state index in [0.29, 0.717) is 21.3 Å². The second-order valence-corrected chi connectivity index (χ2v) is 9.38. The molecule has 0 atom stereocenters. The molecule has 2 aromatic rings. The smallest absolute Gasteiger partial charge is 0.148 e. The van der Waals surface area contributed by atoms with Gasteiger partial charge in [0, 0.05) is 36.9 Å². The number of ether oxygens (including phenoxy) is 1. The number of hydrogen-bond acceptors (Lipinski definition) is 8. The fourth-order valence-corrected chi connectivity index (χ4v) is 5.31. The minimum Gasteiger partial charge on any atom is -0.398 e. The number of alkyl halides is 1. The molecule has 2 aliphatic rings. The molecule has 0 unspecified atom stereocenters. The van der Waals surface area contributed by atoms with Crippen LogP contribution >= 0.6 is 23.4 Å². The third kappa shape index (κ3) is 4.11. The fourth-order valence-electron chi connectivity index (χ4n) is 4.18. The minimum atomic E-state index is -0.994. The zero-order valence-corrected chi connectivity index (χ0v) is 18.5. The van der Waals surface area contributed by atoms with Crippen LogP contribution < -0.4 is 21.9 Å². The van der Waals surface area contributed by atoms with Crippen molar-refractivity contribution >= 4 is 46.5 Å². The van der Waals surface area contributed by atoms with E-state index in [-0.39, 0.29) is 27.6 Å². The summed E-state index contributed by atoms with van der Waals surface area (Å²) in [4.78, 5) is 6.98. The van der Waals surface area contributed by atoms with Gasteiger partial charge in [-0.25, -0.2) is 9.37 Å². The first-order valence-electron chi connectivity index (χ1n) is 10.00. The van der Waals surface area contributed by atoms with Gasteiger partial charge < -0.3 is 21.1 Å². The summed E-state index contributed by atoms with van der Waals surface area (Å²) < 4.78 is 20.5. The van der Waals surface area contributed by atoms with E-state index in [1.54, 1.807) is 12.1 Å². The molecule has 0 amide bonds. The molecule has 0 aliphatic carbocycles.